The number of alkyl halides is 3. The second-order valence-corrected chi connectivity index (χ2v) is 4.87. The molecule has 0 atom stereocenters. The number of Topliss-reactive ketones (excluding diaryl/α,β-unsaturated/α-hetero) is 1. The molecule has 0 spiro atoms. The number of carbonyl (C=O) groups excluding carboxylic acids is 1. The maximum Gasteiger partial charge on any atom is 0.450 e. The Balaban J connectivity index is 2.08. The Morgan fingerprint density at radius 3 is 2.38 bits per heavy atom. The summed E-state index contributed by atoms with van der Waals surface area (Å²) >= 11 is 0. The van der Waals surface area contributed by atoms with Crippen molar-refractivity contribution >= 4 is 5.78 Å². The van der Waals surface area contributed by atoms with Crippen molar-refractivity contribution in [2.75, 3.05) is 0 Å². The number of halogens is 3. The van der Waals surface area contributed by atoms with Gasteiger partial charge in [0.05, 0.1) is 6.42 Å². The summed E-state index contributed by atoms with van der Waals surface area (Å²) in [5.41, 5.74) is 3.07. The van der Waals surface area contributed by atoms with Gasteiger partial charge in [-0.15, -0.1) is 0 Å². The molecule has 0 aliphatic carbocycles. The van der Waals surface area contributed by atoms with Crippen molar-refractivity contribution < 1.29 is 22.5 Å². The molecule has 2 rings (SSSR count). The van der Waals surface area contributed by atoms with Gasteiger partial charge in [-0.2, -0.15) is 18.2 Å². The SMILES string of the molecule is Cc1cc(C)cc(Cc2noc(CC(=O)C(F)(F)F)n2)c1. The summed E-state index contributed by atoms with van der Waals surface area (Å²) in [6.07, 6.45) is -5.47. The van der Waals surface area contributed by atoms with Crippen molar-refractivity contribution in [3.63, 3.8) is 0 Å². The molecule has 0 N–H and O–H groups in total. The molecule has 0 radical (unpaired) electrons. The second-order valence-electron chi connectivity index (χ2n) is 4.87. The Hall–Kier alpha value is -2.18. The van der Waals surface area contributed by atoms with Crippen molar-refractivity contribution in [2.45, 2.75) is 32.9 Å². The number of hydrogen-bond donors (Lipinski definition) is 0. The van der Waals surface area contributed by atoms with E-state index in [1.54, 1.807) is 0 Å². The van der Waals surface area contributed by atoms with Gasteiger partial charge in [-0.3, -0.25) is 4.79 Å². The highest BCUT2D eigenvalue weighted by Gasteiger charge is 2.39. The molecular weight excluding hydrogens is 285 g/mol. The van der Waals surface area contributed by atoms with E-state index in [2.05, 4.69) is 14.7 Å². The molecule has 0 amide bonds. The van der Waals surface area contributed by atoms with E-state index in [1.807, 2.05) is 32.0 Å². The average molecular weight is 298 g/mol. The first-order chi connectivity index (χ1) is 9.74. The van der Waals surface area contributed by atoms with Crippen LogP contribution in [0.3, 0.4) is 0 Å². The predicted octanol–water partition coefficient (Wildman–Crippen LogP) is 2.95. The lowest BCUT2D eigenvalue weighted by Gasteiger charge is -2.02. The highest BCUT2D eigenvalue weighted by atomic mass is 19.4. The largest absolute Gasteiger partial charge is 0.450 e. The van der Waals surface area contributed by atoms with Crippen LogP contribution in [0.15, 0.2) is 22.7 Å². The number of aromatic nitrogens is 2. The van der Waals surface area contributed by atoms with Gasteiger partial charge >= 0.3 is 6.18 Å². The fraction of sp³-hybridized carbons (Fsp3) is 0.357. The van der Waals surface area contributed by atoms with Crippen LogP contribution in [-0.4, -0.2) is 22.1 Å². The van der Waals surface area contributed by atoms with Crippen LogP contribution in [0.5, 0.6) is 0 Å². The van der Waals surface area contributed by atoms with E-state index in [-0.39, 0.29) is 11.7 Å². The first-order valence-corrected chi connectivity index (χ1v) is 6.22. The quantitative estimate of drug-likeness (QED) is 0.871. The highest BCUT2D eigenvalue weighted by Crippen LogP contribution is 2.18. The number of rotatable bonds is 4. The molecule has 0 fully saturated rings. The number of aryl methyl sites for hydroxylation is 2. The molecule has 2 aromatic rings. The van der Waals surface area contributed by atoms with E-state index in [4.69, 9.17) is 0 Å². The van der Waals surface area contributed by atoms with Gasteiger partial charge in [0.15, 0.2) is 5.82 Å². The number of ketones is 1. The lowest BCUT2D eigenvalue weighted by molar-refractivity contribution is -0.170. The van der Waals surface area contributed by atoms with Gasteiger partial charge in [0, 0.05) is 6.42 Å². The summed E-state index contributed by atoms with van der Waals surface area (Å²) < 4.78 is 41.1. The molecule has 1 aromatic heterocycles. The minimum Gasteiger partial charge on any atom is -0.339 e. The standard InChI is InChI=1S/C14H13F3N2O2/c1-8-3-9(2)5-10(4-8)6-12-18-13(21-19-12)7-11(20)14(15,16)17/h3-5H,6-7H2,1-2H3. The molecule has 1 heterocycles. The van der Waals surface area contributed by atoms with Crippen molar-refractivity contribution in [3.05, 3.63) is 46.6 Å². The number of nitrogens with zero attached hydrogens (tertiary/aromatic N) is 2. The highest BCUT2D eigenvalue weighted by molar-refractivity contribution is 5.85. The summed E-state index contributed by atoms with van der Waals surface area (Å²) in [6.45, 7) is 3.89. The van der Waals surface area contributed by atoms with Crippen LogP contribution >= 0.6 is 0 Å². The van der Waals surface area contributed by atoms with Crippen LogP contribution in [0.4, 0.5) is 13.2 Å². The summed E-state index contributed by atoms with van der Waals surface area (Å²) in [7, 11) is 0. The van der Waals surface area contributed by atoms with Crippen LogP contribution in [0, 0.1) is 13.8 Å². The van der Waals surface area contributed by atoms with Gasteiger partial charge < -0.3 is 4.52 Å². The minimum absolute atomic E-state index is 0.255. The molecule has 0 aliphatic heterocycles. The van der Waals surface area contributed by atoms with Gasteiger partial charge in [-0.1, -0.05) is 34.5 Å². The third-order valence-electron chi connectivity index (χ3n) is 2.78. The number of benzene rings is 1. The van der Waals surface area contributed by atoms with Crippen LogP contribution < -0.4 is 0 Å². The smallest absolute Gasteiger partial charge is 0.339 e. The van der Waals surface area contributed by atoms with E-state index in [9.17, 15) is 18.0 Å². The van der Waals surface area contributed by atoms with Gasteiger partial charge in [-0.25, -0.2) is 0 Å². The third-order valence-corrected chi connectivity index (χ3v) is 2.78. The lowest BCUT2D eigenvalue weighted by atomic mass is 10.1. The maximum atomic E-state index is 12.1. The van der Waals surface area contributed by atoms with Gasteiger partial charge in [0.25, 0.3) is 0 Å². The summed E-state index contributed by atoms with van der Waals surface area (Å²) in [5.74, 6) is -1.97. The summed E-state index contributed by atoms with van der Waals surface area (Å²) in [5, 5.41) is 3.60. The molecule has 0 aliphatic rings. The minimum atomic E-state index is -4.89. The lowest BCUT2D eigenvalue weighted by Crippen LogP contribution is -2.24. The second kappa shape index (κ2) is 5.67. The van der Waals surface area contributed by atoms with E-state index >= 15 is 0 Å². The van der Waals surface area contributed by atoms with Crippen LogP contribution in [0.2, 0.25) is 0 Å². The molecule has 0 bridgehead atoms. The van der Waals surface area contributed by atoms with Gasteiger partial charge in [-0.05, 0) is 19.4 Å². The topological polar surface area (TPSA) is 56.0 Å². The normalized spacial score (nSPS) is 11.7. The van der Waals surface area contributed by atoms with Gasteiger partial charge in [0.2, 0.25) is 11.7 Å². The first-order valence-electron chi connectivity index (χ1n) is 6.22. The number of hydrogen-bond acceptors (Lipinski definition) is 4. The summed E-state index contributed by atoms with van der Waals surface area (Å²) in [4.78, 5) is 14.7. The zero-order valence-electron chi connectivity index (χ0n) is 11.5. The Labute approximate surface area is 119 Å². The zero-order chi connectivity index (χ0) is 15.6. The Morgan fingerprint density at radius 2 is 1.81 bits per heavy atom. The fourth-order valence-electron chi connectivity index (χ4n) is 2.02. The Bertz CT molecular complexity index is 642. The maximum absolute atomic E-state index is 12.1. The van der Waals surface area contributed by atoms with Crippen molar-refractivity contribution in [1.29, 1.82) is 0 Å². The molecule has 1 aromatic carbocycles. The van der Waals surface area contributed by atoms with Crippen LogP contribution in [0.25, 0.3) is 0 Å². The van der Waals surface area contributed by atoms with E-state index in [1.165, 1.54) is 0 Å². The molecule has 112 valence electrons. The van der Waals surface area contributed by atoms with Crippen molar-refractivity contribution in [1.82, 2.24) is 10.1 Å². The predicted molar refractivity (Wildman–Crippen MR) is 67.8 cm³/mol. The van der Waals surface area contributed by atoms with E-state index in [0.717, 1.165) is 16.7 Å². The summed E-state index contributed by atoms with van der Waals surface area (Å²) in [6, 6.07) is 5.88. The Kier molecular flexibility index (Phi) is 4.11. The Morgan fingerprint density at radius 1 is 1.19 bits per heavy atom. The molecular formula is C14H13F3N2O2. The molecule has 0 saturated carbocycles. The van der Waals surface area contributed by atoms with Gasteiger partial charge in [0.1, 0.15) is 0 Å². The number of carbonyl (C=O) groups is 1. The van der Waals surface area contributed by atoms with Crippen LogP contribution in [-0.2, 0) is 17.6 Å². The molecule has 4 nitrogen and oxygen atoms in total. The molecule has 0 unspecified atom stereocenters. The molecule has 7 heteroatoms. The van der Waals surface area contributed by atoms with E-state index < -0.39 is 18.4 Å². The van der Waals surface area contributed by atoms with Crippen molar-refractivity contribution in [2.24, 2.45) is 0 Å². The average Bonchev–Trinajstić information content (AvgIpc) is 2.73. The first kappa shape index (κ1) is 15.2. The molecule has 21 heavy (non-hydrogen) atoms. The third kappa shape index (κ3) is 4.14. The fourth-order valence-corrected chi connectivity index (χ4v) is 2.02. The van der Waals surface area contributed by atoms with Crippen LogP contribution in [0.1, 0.15) is 28.4 Å². The van der Waals surface area contributed by atoms with E-state index in [0.29, 0.717) is 6.42 Å². The zero-order valence-corrected chi connectivity index (χ0v) is 11.5. The van der Waals surface area contributed by atoms with Crippen molar-refractivity contribution in [3.8, 4) is 0 Å². The molecule has 0 saturated heterocycles. The monoisotopic (exact) mass is 298 g/mol.